The predicted octanol–water partition coefficient (Wildman–Crippen LogP) is 8.89. The zero-order valence-electron chi connectivity index (χ0n) is 27.2. The first kappa shape index (κ1) is 30.5. The van der Waals surface area contributed by atoms with Gasteiger partial charge in [-0.05, 0) is 103 Å². The van der Waals surface area contributed by atoms with Crippen molar-refractivity contribution < 1.29 is 4.79 Å². The summed E-state index contributed by atoms with van der Waals surface area (Å²) in [7, 11) is 0. The van der Waals surface area contributed by atoms with Crippen molar-refractivity contribution in [1.82, 2.24) is 5.32 Å². The van der Waals surface area contributed by atoms with Gasteiger partial charge in [-0.25, -0.2) is 20.0 Å². The van der Waals surface area contributed by atoms with E-state index >= 15 is 0 Å². The molecule has 0 saturated carbocycles. The first-order valence-corrected chi connectivity index (χ1v) is 16.3. The molecule has 0 spiro atoms. The molecule has 0 aromatic rings. The highest BCUT2D eigenvalue weighted by Crippen LogP contribution is 2.43. The molecule has 1 N–H and O–H groups in total. The monoisotopic (exact) mass is 575 g/mol. The van der Waals surface area contributed by atoms with Crippen LogP contribution in [0.3, 0.4) is 0 Å². The number of hydrogen-bond acceptors (Lipinski definition) is 5. The van der Waals surface area contributed by atoms with Crippen molar-refractivity contribution in [3.05, 3.63) is 91.3 Å². The van der Waals surface area contributed by atoms with Gasteiger partial charge in [-0.1, -0.05) is 55.4 Å². The standard InChI is InChI=1S/C37H45N5O/c1-9-22-23(10-2)35-37(38-20-43)36-27(14-6)26(13-5)34(42-36)29(16-8)33-25(12-4)24(11-3)32(41-33)28(15-7)30-18-17-21(39-30)19-31(22)40-35/h17-20H,9-16H2,1-8H3,(H,38,43). The number of allylic oxidation sites excluding steroid dienone is 11. The lowest BCUT2D eigenvalue weighted by Gasteiger charge is -2.14. The second-order valence-corrected chi connectivity index (χ2v) is 11.2. The quantitative estimate of drug-likeness (QED) is 0.259. The zero-order chi connectivity index (χ0) is 30.8. The van der Waals surface area contributed by atoms with Crippen molar-refractivity contribution >= 4 is 29.3 Å². The highest BCUT2D eigenvalue weighted by Gasteiger charge is 2.34. The summed E-state index contributed by atoms with van der Waals surface area (Å²) < 4.78 is 0. The van der Waals surface area contributed by atoms with Gasteiger partial charge in [0.15, 0.2) is 0 Å². The number of hydrogen-bond donors (Lipinski definition) is 1. The first-order chi connectivity index (χ1) is 20.9. The number of aliphatic imine (C=N–C) groups is 4. The van der Waals surface area contributed by atoms with Gasteiger partial charge in [0.05, 0.1) is 51.3 Å². The lowest BCUT2D eigenvalue weighted by molar-refractivity contribution is -0.108. The number of nitrogens with zero attached hydrogens (tertiary/aromatic N) is 4. The van der Waals surface area contributed by atoms with E-state index in [-0.39, 0.29) is 0 Å². The van der Waals surface area contributed by atoms with E-state index in [4.69, 9.17) is 20.0 Å². The fraction of sp³-hybridized carbons (Fsp3) is 0.432. The summed E-state index contributed by atoms with van der Waals surface area (Å²) in [4.78, 5) is 33.3. The van der Waals surface area contributed by atoms with Crippen molar-refractivity contribution in [3.63, 3.8) is 0 Å². The number of rotatable bonds is 10. The third kappa shape index (κ3) is 4.95. The molecule has 0 radical (unpaired) electrons. The molecule has 6 nitrogen and oxygen atoms in total. The Hall–Kier alpha value is -3.93. The summed E-state index contributed by atoms with van der Waals surface area (Å²) >= 11 is 0. The summed E-state index contributed by atoms with van der Waals surface area (Å²) in [5.41, 5.74) is 18.0. The van der Waals surface area contributed by atoms with E-state index in [0.717, 1.165) is 109 Å². The van der Waals surface area contributed by atoms with E-state index < -0.39 is 0 Å². The molecule has 5 heterocycles. The van der Waals surface area contributed by atoms with Gasteiger partial charge in [0, 0.05) is 11.1 Å². The SMILES string of the molecule is CCC1=C(CC)C2=C(NC=O)C3=NC(=C(CC)C4=NC(=C(CC)C5=NC(=CC1=N2)C=C5)C(CC)=C4CC)C(CC)=C3CC. The average Bonchev–Trinajstić information content (AvgIpc) is 3.79. The smallest absolute Gasteiger partial charge is 0.211 e. The number of nitrogens with one attached hydrogen (secondary N) is 1. The molecule has 5 rings (SSSR count). The molecule has 0 fully saturated rings. The molecule has 5 aliphatic rings. The molecule has 224 valence electrons. The van der Waals surface area contributed by atoms with E-state index in [2.05, 4.69) is 78.9 Å². The summed E-state index contributed by atoms with van der Waals surface area (Å²) in [5, 5.41) is 3.07. The number of fused-ring (bicyclic) bond motifs is 4. The molecule has 6 heteroatoms. The van der Waals surface area contributed by atoms with Gasteiger partial charge >= 0.3 is 0 Å². The minimum absolute atomic E-state index is 0.695. The van der Waals surface area contributed by atoms with Crippen LogP contribution in [0.25, 0.3) is 0 Å². The fourth-order valence-electron chi connectivity index (χ4n) is 7.19. The topological polar surface area (TPSA) is 78.5 Å². The van der Waals surface area contributed by atoms with E-state index in [1.807, 2.05) is 0 Å². The Morgan fingerprint density at radius 3 is 1.58 bits per heavy atom. The van der Waals surface area contributed by atoms with Gasteiger partial charge in [-0.15, -0.1) is 0 Å². The van der Waals surface area contributed by atoms with Gasteiger partial charge in [0.2, 0.25) is 6.41 Å². The van der Waals surface area contributed by atoms with Gasteiger partial charge in [-0.3, -0.25) is 4.79 Å². The minimum atomic E-state index is 0.695. The third-order valence-corrected chi connectivity index (χ3v) is 9.13. The van der Waals surface area contributed by atoms with Crippen molar-refractivity contribution in [3.8, 4) is 0 Å². The third-order valence-electron chi connectivity index (χ3n) is 9.13. The summed E-state index contributed by atoms with van der Waals surface area (Å²) in [6, 6.07) is 0. The van der Waals surface area contributed by atoms with Crippen LogP contribution in [0.15, 0.2) is 111 Å². The molecule has 0 unspecified atom stereocenters. The molecule has 5 aliphatic heterocycles. The molecular formula is C37H45N5O. The van der Waals surface area contributed by atoms with Crippen LogP contribution >= 0.6 is 0 Å². The van der Waals surface area contributed by atoms with Crippen LogP contribution in [0.5, 0.6) is 0 Å². The van der Waals surface area contributed by atoms with Gasteiger partial charge < -0.3 is 5.32 Å². The largest absolute Gasteiger partial charge is 0.325 e. The Bertz CT molecular complexity index is 1650. The molecule has 0 aromatic carbocycles. The summed E-state index contributed by atoms with van der Waals surface area (Å²) in [6.07, 6.45) is 13.8. The van der Waals surface area contributed by atoms with E-state index in [1.165, 1.54) is 39.0 Å². The molecular weight excluding hydrogens is 530 g/mol. The molecule has 0 atom stereocenters. The van der Waals surface area contributed by atoms with Gasteiger partial charge in [0.25, 0.3) is 0 Å². The molecule has 0 saturated heterocycles. The summed E-state index contributed by atoms with van der Waals surface area (Å²) in [6.45, 7) is 17.6. The van der Waals surface area contributed by atoms with Crippen LogP contribution in [0.2, 0.25) is 0 Å². The van der Waals surface area contributed by atoms with E-state index in [0.29, 0.717) is 5.70 Å². The molecule has 0 aromatic heterocycles. The minimum Gasteiger partial charge on any atom is -0.325 e. The lowest BCUT2D eigenvalue weighted by atomic mass is 9.89. The molecule has 43 heavy (non-hydrogen) atoms. The van der Waals surface area contributed by atoms with Crippen molar-refractivity contribution in [2.45, 2.75) is 107 Å². The van der Waals surface area contributed by atoms with Crippen LogP contribution in [-0.4, -0.2) is 29.3 Å². The second-order valence-electron chi connectivity index (χ2n) is 11.2. The lowest BCUT2D eigenvalue weighted by Crippen LogP contribution is -2.22. The maximum Gasteiger partial charge on any atom is 0.211 e. The Labute approximate surface area is 257 Å². The Morgan fingerprint density at radius 1 is 0.512 bits per heavy atom. The van der Waals surface area contributed by atoms with Crippen molar-refractivity contribution in [1.29, 1.82) is 0 Å². The Kier molecular flexibility index (Phi) is 9.05. The normalized spacial score (nSPS) is 20.0. The number of carbonyl (C=O) groups excluding carboxylic acids is 1. The second kappa shape index (κ2) is 12.7. The Morgan fingerprint density at radius 2 is 1.02 bits per heavy atom. The van der Waals surface area contributed by atoms with Crippen molar-refractivity contribution in [2.75, 3.05) is 0 Å². The first-order valence-electron chi connectivity index (χ1n) is 16.3. The number of carbonyl (C=O) groups is 1. The van der Waals surface area contributed by atoms with Crippen molar-refractivity contribution in [2.24, 2.45) is 20.0 Å². The molecule has 8 bridgehead atoms. The van der Waals surface area contributed by atoms with Crippen LogP contribution in [-0.2, 0) is 4.79 Å². The molecule has 1 amide bonds. The maximum absolute atomic E-state index is 12.2. The Balaban J connectivity index is 1.97. The van der Waals surface area contributed by atoms with Crippen LogP contribution in [0.4, 0.5) is 0 Å². The average molecular weight is 576 g/mol. The van der Waals surface area contributed by atoms with E-state index in [9.17, 15) is 4.79 Å². The zero-order valence-corrected chi connectivity index (χ0v) is 27.2. The maximum atomic E-state index is 12.2. The highest BCUT2D eigenvalue weighted by atomic mass is 16.1. The fourth-order valence-corrected chi connectivity index (χ4v) is 7.19. The van der Waals surface area contributed by atoms with Crippen LogP contribution in [0, 0.1) is 0 Å². The highest BCUT2D eigenvalue weighted by molar-refractivity contribution is 6.22. The number of amides is 1. The summed E-state index contributed by atoms with van der Waals surface area (Å²) in [5.74, 6) is 0. The van der Waals surface area contributed by atoms with Crippen LogP contribution < -0.4 is 5.32 Å². The van der Waals surface area contributed by atoms with E-state index in [1.54, 1.807) is 0 Å². The van der Waals surface area contributed by atoms with Crippen LogP contribution in [0.1, 0.15) is 107 Å². The predicted molar refractivity (Wildman–Crippen MR) is 181 cm³/mol. The van der Waals surface area contributed by atoms with Gasteiger partial charge in [-0.2, -0.15) is 0 Å². The molecule has 0 aliphatic carbocycles. The van der Waals surface area contributed by atoms with Gasteiger partial charge in [0.1, 0.15) is 0 Å².